The molecule has 0 aliphatic heterocycles. The van der Waals surface area contributed by atoms with Crippen LogP contribution in [0.25, 0.3) is 0 Å². The number of nitrogens with zero attached hydrogens (tertiary/aromatic N) is 2. The summed E-state index contributed by atoms with van der Waals surface area (Å²) in [5.41, 5.74) is 0.719. The predicted octanol–water partition coefficient (Wildman–Crippen LogP) is 2.83. The van der Waals surface area contributed by atoms with Crippen molar-refractivity contribution in [1.29, 1.82) is 5.26 Å². The molecule has 1 aromatic heterocycles. The number of ether oxygens (including phenoxy) is 1. The Kier molecular flexibility index (Phi) is 3.56. The van der Waals surface area contributed by atoms with E-state index < -0.39 is 5.97 Å². The van der Waals surface area contributed by atoms with E-state index in [1.54, 1.807) is 18.2 Å². The number of carbonyl (C=O) groups excluding carboxylic acids is 1. The van der Waals surface area contributed by atoms with Crippen molar-refractivity contribution in [3.63, 3.8) is 0 Å². The van der Waals surface area contributed by atoms with Crippen LogP contribution in [0.2, 0.25) is 5.15 Å². The van der Waals surface area contributed by atoms with Crippen LogP contribution in [0.4, 0.5) is 0 Å². The van der Waals surface area contributed by atoms with Crippen LogP contribution in [-0.2, 0) is 0 Å². The third-order valence-corrected chi connectivity index (χ3v) is 2.36. The molecule has 0 aliphatic rings. The molecule has 0 bridgehead atoms. The van der Waals surface area contributed by atoms with Gasteiger partial charge in [0.2, 0.25) is 0 Å². The molecule has 4 nitrogen and oxygen atoms in total. The summed E-state index contributed by atoms with van der Waals surface area (Å²) in [5.74, 6) is -0.233. The van der Waals surface area contributed by atoms with Crippen LogP contribution in [0.3, 0.4) is 0 Å². The van der Waals surface area contributed by atoms with Gasteiger partial charge in [-0.3, -0.25) is 0 Å². The Hall–Kier alpha value is -2.38. The summed E-state index contributed by atoms with van der Waals surface area (Å²) in [6.45, 7) is 0. The van der Waals surface area contributed by atoms with Gasteiger partial charge in [0.15, 0.2) is 0 Å². The number of carbonyl (C=O) groups is 1. The van der Waals surface area contributed by atoms with E-state index in [-0.39, 0.29) is 0 Å². The quantitative estimate of drug-likeness (QED) is 0.472. The summed E-state index contributed by atoms with van der Waals surface area (Å²) >= 11 is 5.62. The maximum absolute atomic E-state index is 11.7. The first-order chi connectivity index (χ1) is 8.69. The molecule has 1 aromatic carbocycles. The molecule has 5 heteroatoms. The Morgan fingerprint density at radius 3 is 2.83 bits per heavy atom. The van der Waals surface area contributed by atoms with Gasteiger partial charge in [-0.05, 0) is 30.3 Å². The summed E-state index contributed by atoms with van der Waals surface area (Å²) < 4.78 is 5.11. The highest BCUT2D eigenvalue weighted by molar-refractivity contribution is 6.29. The molecule has 0 aliphatic carbocycles. The maximum Gasteiger partial charge on any atom is 0.345 e. The number of rotatable bonds is 2. The van der Waals surface area contributed by atoms with E-state index in [2.05, 4.69) is 4.98 Å². The van der Waals surface area contributed by atoms with Crippen LogP contribution >= 0.6 is 11.6 Å². The Labute approximate surface area is 108 Å². The van der Waals surface area contributed by atoms with Gasteiger partial charge in [-0.15, -0.1) is 0 Å². The van der Waals surface area contributed by atoms with Crippen LogP contribution in [0.15, 0.2) is 42.6 Å². The molecule has 0 radical (unpaired) electrons. The molecular formula is C13H7ClN2O2. The zero-order chi connectivity index (χ0) is 13.0. The van der Waals surface area contributed by atoms with Crippen LogP contribution in [0, 0.1) is 11.3 Å². The topological polar surface area (TPSA) is 63.0 Å². The number of hydrogen-bond donors (Lipinski definition) is 0. The minimum absolute atomic E-state index is 0.293. The average molecular weight is 259 g/mol. The normalized spacial score (nSPS) is 9.56. The molecule has 0 saturated carbocycles. The lowest BCUT2D eigenvalue weighted by atomic mass is 10.2. The SMILES string of the molecule is N#Cc1cccc(OC(=O)c2ccc(Cl)nc2)c1. The van der Waals surface area contributed by atoms with E-state index in [1.165, 1.54) is 24.4 Å². The number of nitriles is 1. The Bertz CT molecular complexity index is 618. The highest BCUT2D eigenvalue weighted by Gasteiger charge is 2.09. The van der Waals surface area contributed by atoms with Gasteiger partial charge in [-0.25, -0.2) is 9.78 Å². The molecule has 0 atom stereocenters. The summed E-state index contributed by atoms with van der Waals surface area (Å²) in [6.07, 6.45) is 1.33. The standard InChI is InChI=1S/C13H7ClN2O2/c14-12-5-4-10(8-16-12)13(17)18-11-3-1-2-9(6-11)7-15/h1-6,8H. The van der Waals surface area contributed by atoms with Crippen LogP contribution in [0.5, 0.6) is 5.75 Å². The Morgan fingerprint density at radius 2 is 2.17 bits per heavy atom. The smallest absolute Gasteiger partial charge is 0.345 e. The van der Waals surface area contributed by atoms with Crippen molar-refractivity contribution in [2.45, 2.75) is 0 Å². The summed E-state index contributed by atoms with van der Waals surface area (Å²) in [6, 6.07) is 11.3. The molecule has 0 amide bonds. The molecule has 88 valence electrons. The first kappa shape index (κ1) is 12.1. The minimum Gasteiger partial charge on any atom is -0.423 e. The zero-order valence-corrected chi connectivity index (χ0v) is 9.89. The van der Waals surface area contributed by atoms with Crippen molar-refractivity contribution in [2.24, 2.45) is 0 Å². The fourth-order valence-corrected chi connectivity index (χ4v) is 1.40. The van der Waals surface area contributed by atoms with Gasteiger partial charge in [0.1, 0.15) is 10.9 Å². The number of esters is 1. The number of halogens is 1. The molecule has 2 aromatic rings. The van der Waals surface area contributed by atoms with E-state index >= 15 is 0 Å². The van der Waals surface area contributed by atoms with E-state index in [0.29, 0.717) is 22.0 Å². The predicted molar refractivity (Wildman–Crippen MR) is 65.4 cm³/mol. The van der Waals surface area contributed by atoms with Crippen molar-refractivity contribution in [1.82, 2.24) is 4.98 Å². The van der Waals surface area contributed by atoms with Gasteiger partial charge in [0.05, 0.1) is 17.2 Å². The number of hydrogen-bond acceptors (Lipinski definition) is 4. The summed E-state index contributed by atoms with van der Waals surface area (Å²) in [7, 11) is 0. The number of aromatic nitrogens is 1. The van der Waals surface area contributed by atoms with Gasteiger partial charge in [-0.1, -0.05) is 17.7 Å². The van der Waals surface area contributed by atoms with Crippen LogP contribution in [0.1, 0.15) is 15.9 Å². The second kappa shape index (κ2) is 5.30. The van der Waals surface area contributed by atoms with Crippen molar-refractivity contribution < 1.29 is 9.53 Å². The van der Waals surface area contributed by atoms with Crippen molar-refractivity contribution in [3.05, 3.63) is 58.9 Å². The highest BCUT2D eigenvalue weighted by Crippen LogP contribution is 2.15. The molecule has 0 unspecified atom stereocenters. The van der Waals surface area contributed by atoms with E-state index in [1.807, 2.05) is 6.07 Å². The van der Waals surface area contributed by atoms with Gasteiger partial charge < -0.3 is 4.74 Å². The monoisotopic (exact) mass is 258 g/mol. The van der Waals surface area contributed by atoms with Gasteiger partial charge in [0, 0.05) is 6.20 Å². The second-order valence-corrected chi connectivity index (χ2v) is 3.79. The lowest BCUT2D eigenvalue weighted by Crippen LogP contribution is -2.08. The number of pyridine rings is 1. The first-order valence-corrected chi connectivity index (χ1v) is 5.41. The van der Waals surface area contributed by atoms with Gasteiger partial charge >= 0.3 is 5.97 Å². The Morgan fingerprint density at radius 1 is 1.33 bits per heavy atom. The molecule has 0 fully saturated rings. The fourth-order valence-electron chi connectivity index (χ4n) is 1.29. The highest BCUT2D eigenvalue weighted by atomic mass is 35.5. The first-order valence-electron chi connectivity index (χ1n) is 5.03. The van der Waals surface area contributed by atoms with E-state index in [9.17, 15) is 4.79 Å². The summed E-state index contributed by atoms with van der Waals surface area (Å²) in [5, 5.41) is 9.03. The lowest BCUT2D eigenvalue weighted by molar-refractivity contribution is 0.0734. The fraction of sp³-hybridized carbons (Fsp3) is 0. The van der Waals surface area contributed by atoms with E-state index in [0.717, 1.165) is 0 Å². The molecule has 0 spiro atoms. The molecular weight excluding hydrogens is 252 g/mol. The van der Waals surface area contributed by atoms with Crippen LogP contribution < -0.4 is 4.74 Å². The second-order valence-electron chi connectivity index (χ2n) is 3.40. The third kappa shape index (κ3) is 2.84. The molecule has 1 heterocycles. The van der Waals surface area contributed by atoms with Crippen molar-refractivity contribution in [3.8, 4) is 11.8 Å². The molecule has 0 saturated heterocycles. The zero-order valence-electron chi connectivity index (χ0n) is 9.13. The van der Waals surface area contributed by atoms with Gasteiger partial charge in [0.25, 0.3) is 0 Å². The van der Waals surface area contributed by atoms with Crippen LogP contribution in [-0.4, -0.2) is 11.0 Å². The summed E-state index contributed by atoms with van der Waals surface area (Å²) in [4.78, 5) is 15.5. The molecule has 0 N–H and O–H groups in total. The number of benzene rings is 1. The maximum atomic E-state index is 11.7. The van der Waals surface area contributed by atoms with E-state index in [4.69, 9.17) is 21.6 Å². The van der Waals surface area contributed by atoms with Crippen molar-refractivity contribution in [2.75, 3.05) is 0 Å². The lowest BCUT2D eigenvalue weighted by Gasteiger charge is -2.04. The molecule has 18 heavy (non-hydrogen) atoms. The minimum atomic E-state index is -0.547. The molecule has 2 rings (SSSR count). The van der Waals surface area contributed by atoms with Gasteiger partial charge in [-0.2, -0.15) is 5.26 Å². The third-order valence-electron chi connectivity index (χ3n) is 2.14. The van der Waals surface area contributed by atoms with Crippen molar-refractivity contribution >= 4 is 17.6 Å². The average Bonchev–Trinajstić information content (AvgIpc) is 2.39. The Balaban J connectivity index is 2.16. The largest absolute Gasteiger partial charge is 0.423 e.